The van der Waals surface area contributed by atoms with E-state index in [2.05, 4.69) is 39.3 Å². The van der Waals surface area contributed by atoms with E-state index in [0.717, 1.165) is 26.3 Å². The van der Waals surface area contributed by atoms with Gasteiger partial charge >= 0.3 is 17.9 Å². The van der Waals surface area contributed by atoms with Crippen molar-refractivity contribution in [3.8, 4) is 0 Å². The topological polar surface area (TPSA) is 82.1 Å². The van der Waals surface area contributed by atoms with Crippen LogP contribution in [0.15, 0.2) is 29.6 Å². The van der Waals surface area contributed by atoms with Crippen LogP contribution < -0.4 is 0 Å². The summed E-state index contributed by atoms with van der Waals surface area (Å²) in [5.74, 6) is -3.22. The molecule has 0 N–H and O–H groups in total. The predicted octanol–water partition coefficient (Wildman–Crippen LogP) is 2.17. The first-order valence-electron chi connectivity index (χ1n) is 9.21. The van der Waals surface area contributed by atoms with Gasteiger partial charge in [-0.15, -0.1) is 11.3 Å². The van der Waals surface area contributed by atoms with Crippen molar-refractivity contribution >= 4 is 39.3 Å². The lowest BCUT2D eigenvalue weighted by atomic mass is 10.1. The van der Waals surface area contributed by atoms with Crippen molar-refractivity contribution in [1.29, 1.82) is 0 Å². The number of carbonyl (C=O) groups is 3. The molecule has 2 aromatic rings. The van der Waals surface area contributed by atoms with E-state index in [4.69, 9.17) is 9.47 Å². The Morgan fingerprint density at radius 1 is 1.14 bits per heavy atom. The lowest BCUT2D eigenvalue weighted by Crippen LogP contribution is -2.53. The molecule has 28 heavy (non-hydrogen) atoms. The van der Waals surface area contributed by atoms with Crippen molar-refractivity contribution in [3.05, 3.63) is 35.2 Å². The van der Waals surface area contributed by atoms with Crippen molar-refractivity contribution < 1.29 is 28.6 Å². The lowest BCUT2D eigenvalue weighted by molar-refractivity contribution is -0.179. The number of thiophene rings is 1. The van der Waals surface area contributed by atoms with Gasteiger partial charge in [-0.25, -0.2) is 9.59 Å². The monoisotopic (exact) mass is 405 g/mol. The van der Waals surface area contributed by atoms with Gasteiger partial charge in [0.05, 0.1) is 6.61 Å². The Morgan fingerprint density at radius 3 is 2.75 bits per heavy atom. The Bertz CT molecular complexity index is 842. The van der Waals surface area contributed by atoms with Gasteiger partial charge in [0.1, 0.15) is 6.10 Å². The van der Waals surface area contributed by atoms with E-state index in [1.807, 2.05) is 0 Å². The summed E-state index contributed by atoms with van der Waals surface area (Å²) >= 11 is 1.75. The third-order valence-electron chi connectivity index (χ3n) is 4.42. The van der Waals surface area contributed by atoms with E-state index in [0.29, 0.717) is 26.3 Å². The van der Waals surface area contributed by atoms with E-state index in [1.165, 1.54) is 15.6 Å². The Labute approximate surface area is 167 Å². The van der Waals surface area contributed by atoms with Crippen LogP contribution in [0.1, 0.15) is 18.9 Å². The number of nitrogens with zero attached hydrogens (tertiary/aromatic N) is 1. The fraction of sp³-hybridized carbons (Fsp3) is 0.450. The van der Waals surface area contributed by atoms with Crippen LogP contribution >= 0.6 is 11.3 Å². The first-order valence-corrected chi connectivity index (χ1v) is 10.1. The van der Waals surface area contributed by atoms with Crippen molar-refractivity contribution in [3.63, 3.8) is 0 Å². The number of ether oxygens (including phenoxy) is 3. The van der Waals surface area contributed by atoms with E-state index in [9.17, 15) is 14.4 Å². The molecule has 0 aliphatic carbocycles. The molecule has 0 atom stereocenters. The SMILES string of the molecule is CC(=O)OC(=O)C(=O)OC1CN(CCCOCCc2ccc3sccc3c2)C1. The van der Waals surface area contributed by atoms with Gasteiger partial charge in [-0.2, -0.15) is 0 Å². The fourth-order valence-corrected chi connectivity index (χ4v) is 3.78. The predicted molar refractivity (Wildman–Crippen MR) is 104 cm³/mol. The summed E-state index contributed by atoms with van der Waals surface area (Å²) in [6.45, 7) is 4.40. The fourth-order valence-electron chi connectivity index (χ4n) is 3.01. The Morgan fingerprint density at radius 2 is 1.96 bits per heavy atom. The molecule has 0 unspecified atom stereocenters. The number of rotatable bonds is 8. The molecule has 0 spiro atoms. The van der Waals surface area contributed by atoms with Crippen LogP contribution in [0.25, 0.3) is 10.1 Å². The van der Waals surface area contributed by atoms with Gasteiger partial charge in [0.2, 0.25) is 0 Å². The minimum atomic E-state index is -1.27. The highest BCUT2D eigenvalue weighted by molar-refractivity contribution is 7.17. The van der Waals surface area contributed by atoms with Crippen LogP contribution in [0.3, 0.4) is 0 Å². The Kier molecular flexibility index (Phi) is 7.13. The second kappa shape index (κ2) is 9.77. The smallest absolute Gasteiger partial charge is 0.425 e. The van der Waals surface area contributed by atoms with Gasteiger partial charge in [-0.3, -0.25) is 9.69 Å². The molecule has 0 radical (unpaired) electrons. The first-order chi connectivity index (χ1) is 13.5. The average molecular weight is 405 g/mol. The normalized spacial score (nSPS) is 14.6. The van der Waals surface area contributed by atoms with E-state index in [1.54, 1.807) is 11.3 Å². The zero-order valence-corrected chi connectivity index (χ0v) is 16.5. The van der Waals surface area contributed by atoms with Crippen LogP contribution in [0.2, 0.25) is 0 Å². The molecule has 1 aliphatic heterocycles. The van der Waals surface area contributed by atoms with Crippen LogP contribution in [0, 0.1) is 0 Å². The van der Waals surface area contributed by atoms with Crippen LogP contribution in [0.5, 0.6) is 0 Å². The molecule has 1 aromatic heterocycles. The van der Waals surface area contributed by atoms with E-state index >= 15 is 0 Å². The molecule has 0 bridgehead atoms. The Balaban J connectivity index is 1.22. The molecule has 0 amide bonds. The largest absolute Gasteiger partial charge is 0.451 e. The summed E-state index contributed by atoms with van der Waals surface area (Å²) in [5, 5.41) is 3.38. The molecule has 1 aliphatic rings. The van der Waals surface area contributed by atoms with Gasteiger partial charge in [-0.1, -0.05) is 12.1 Å². The molecule has 1 fully saturated rings. The highest BCUT2D eigenvalue weighted by Gasteiger charge is 2.32. The van der Waals surface area contributed by atoms with Crippen molar-refractivity contribution in [1.82, 2.24) is 4.90 Å². The van der Waals surface area contributed by atoms with Crippen LogP contribution in [-0.2, 0) is 35.0 Å². The second-order valence-corrected chi connectivity index (χ2v) is 7.62. The third kappa shape index (κ3) is 5.85. The number of hydrogen-bond donors (Lipinski definition) is 0. The quantitative estimate of drug-likeness (QED) is 0.288. The number of esters is 3. The average Bonchev–Trinajstić information content (AvgIpc) is 3.08. The summed E-state index contributed by atoms with van der Waals surface area (Å²) in [6.07, 6.45) is 1.44. The summed E-state index contributed by atoms with van der Waals surface area (Å²) in [4.78, 5) is 35.3. The number of carbonyl (C=O) groups excluding carboxylic acids is 3. The summed E-state index contributed by atoms with van der Waals surface area (Å²) in [5.41, 5.74) is 1.28. The summed E-state index contributed by atoms with van der Waals surface area (Å²) < 4.78 is 16.1. The molecule has 1 aromatic carbocycles. The molecule has 150 valence electrons. The molecule has 2 heterocycles. The first kappa shape index (κ1) is 20.4. The van der Waals surface area contributed by atoms with Gasteiger partial charge in [0.15, 0.2) is 0 Å². The maximum absolute atomic E-state index is 11.4. The summed E-state index contributed by atoms with van der Waals surface area (Å²) in [6, 6.07) is 8.65. The zero-order chi connectivity index (χ0) is 19.9. The Hall–Kier alpha value is -2.29. The van der Waals surface area contributed by atoms with Crippen molar-refractivity contribution in [2.75, 3.05) is 32.8 Å². The van der Waals surface area contributed by atoms with Gasteiger partial charge < -0.3 is 14.2 Å². The number of fused-ring (bicyclic) bond motifs is 1. The molecule has 3 rings (SSSR count). The number of hydrogen-bond acceptors (Lipinski definition) is 8. The van der Waals surface area contributed by atoms with Gasteiger partial charge in [0, 0.05) is 37.9 Å². The number of likely N-dealkylation sites (tertiary alicyclic amines) is 1. The molecular formula is C20H23NO6S. The van der Waals surface area contributed by atoms with Gasteiger partial charge in [0.25, 0.3) is 0 Å². The highest BCUT2D eigenvalue weighted by Crippen LogP contribution is 2.22. The number of benzene rings is 1. The van der Waals surface area contributed by atoms with Crippen LogP contribution in [-0.4, -0.2) is 61.8 Å². The van der Waals surface area contributed by atoms with Crippen LogP contribution in [0.4, 0.5) is 0 Å². The standard InChI is InChI=1S/C20H23NO6S/c1-14(22)26-19(23)20(24)27-17-12-21(13-17)7-2-8-25-9-5-15-3-4-18-16(11-15)6-10-28-18/h3-4,6,10-11,17H,2,5,7-9,12-13H2,1H3. The molecule has 1 saturated heterocycles. The summed E-state index contributed by atoms with van der Waals surface area (Å²) in [7, 11) is 0. The molecule has 8 heteroatoms. The van der Waals surface area contributed by atoms with E-state index in [-0.39, 0.29) is 6.10 Å². The highest BCUT2D eigenvalue weighted by atomic mass is 32.1. The van der Waals surface area contributed by atoms with E-state index < -0.39 is 17.9 Å². The second-order valence-electron chi connectivity index (χ2n) is 6.68. The van der Waals surface area contributed by atoms with Crippen molar-refractivity contribution in [2.24, 2.45) is 0 Å². The maximum atomic E-state index is 11.4. The zero-order valence-electron chi connectivity index (χ0n) is 15.7. The third-order valence-corrected chi connectivity index (χ3v) is 5.31. The minimum absolute atomic E-state index is 0.333. The minimum Gasteiger partial charge on any atom is -0.451 e. The molecular weight excluding hydrogens is 382 g/mol. The van der Waals surface area contributed by atoms with Crippen molar-refractivity contribution in [2.45, 2.75) is 25.9 Å². The molecule has 7 nitrogen and oxygen atoms in total. The maximum Gasteiger partial charge on any atom is 0.425 e. The molecule has 0 saturated carbocycles. The lowest BCUT2D eigenvalue weighted by Gasteiger charge is -2.38. The van der Waals surface area contributed by atoms with Gasteiger partial charge in [-0.05, 0) is 41.3 Å².